The highest BCUT2D eigenvalue weighted by Gasteiger charge is 2.28. The number of likely N-dealkylation sites (tertiary alicyclic amines) is 1. The number of anilines is 1. The summed E-state index contributed by atoms with van der Waals surface area (Å²) >= 11 is 0. The number of aryl methyl sites for hydroxylation is 1. The van der Waals surface area contributed by atoms with Gasteiger partial charge in [0.1, 0.15) is 0 Å². The quantitative estimate of drug-likeness (QED) is 0.667. The van der Waals surface area contributed by atoms with E-state index in [2.05, 4.69) is 51.3 Å². The van der Waals surface area contributed by atoms with Crippen molar-refractivity contribution < 1.29 is 4.79 Å². The van der Waals surface area contributed by atoms with Crippen LogP contribution in [0.25, 0.3) is 11.3 Å². The third kappa shape index (κ3) is 4.38. The lowest BCUT2D eigenvalue weighted by Gasteiger charge is -2.33. The number of hydrogen-bond donors (Lipinski definition) is 1. The largest absolute Gasteiger partial charge is 0.342 e. The van der Waals surface area contributed by atoms with Crippen LogP contribution in [0.2, 0.25) is 0 Å². The molecule has 0 saturated carbocycles. The van der Waals surface area contributed by atoms with Gasteiger partial charge in [0.05, 0.1) is 18.3 Å². The molecule has 2 aliphatic heterocycles. The first-order chi connectivity index (χ1) is 15.7. The summed E-state index contributed by atoms with van der Waals surface area (Å²) in [5.41, 5.74) is 5.27. The number of piperidine rings is 1. The predicted octanol–water partition coefficient (Wildman–Crippen LogP) is 3.72. The maximum absolute atomic E-state index is 13.0. The molecular weight excluding hydrogens is 400 g/mol. The minimum atomic E-state index is 0.193. The molecule has 4 heterocycles. The standard InChI is InChI=1S/C25H30N6O/c1-18-6-8-19(9-7-18)15-23(32)31-14-4-5-20(17-31)24-21(16-27-29-24)22-10-11-26-25(28-22)30-12-2-3-13-30/h6-11,16,20H,2-5,12-15,17H2,1H3,(H,27,29)/t20-/m0/s1. The van der Waals surface area contributed by atoms with E-state index in [-0.39, 0.29) is 11.8 Å². The predicted molar refractivity (Wildman–Crippen MR) is 124 cm³/mol. The van der Waals surface area contributed by atoms with Gasteiger partial charge in [0, 0.05) is 49.6 Å². The molecule has 0 bridgehead atoms. The van der Waals surface area contributed by atoms with E-state index in [1.54, 1.807) is 0 Å². The highest BCUT2D eigenvalue weighted by Crippen LogP contribution is 2.33. The van der Waals surface area contributed by atoms with Crippen molar-refractivity contribution in [3.8, 4) is 11.3 Å². The van der Waals surface area contributed by atoms with Crippen LogP contribution < -0.4 is 4.90 Å². The lowest BCUT2D eigenvalue weighted by molar-refractivity contribution is -0.131. The Balaban J connectivity index is 1.32. The van der Waals surface area contributed by atoms with E-state index in [0.29, 0.717) is 13.0 Å². The molecule has 2 fully saturated rings. The van der Waals surface area contributed by atoms with Crippen molar-refractivity contribution in [1.29, 1.82) is 0 Å². The molecular formula is C25H30N6O. The fourth-order valence-corrected chi connectivity index (χ4v) is 4.81. The number of amides is 1. The summed E-state index contributed by atoms with van der Waals surface area (Å²) in [6, 6.07) is 10.2. The molecule has 1 atom stereocenters. The van der Waals surface area contributed by atoms with Crippen molar-refractivity contribution in [3.63, 3.8) is 0 Å². The van der Waals surface area contributed by atoms with Gasteiger partial charge < -0.3 is 9.80 Å². The van der Waals surface area contributed by atoms with E-state index in [0.717, 1.165) is 60.9 Å². The fourth-order valence-electron chi connectivity index (χ4n) is 4.81. The minimum absolute atomic E-state index is 0.193. The van der Waals surface area contributed by atoms with Gasteiger partial charge in [0.25, 0.3) is 0 Å². The van der Waals surface area contributed by atoms with Crippen molar-refractivity contribution >= 4 is 11.9 Å². The number of carbonyl (C=O) groups is 1. The number of nitrogens with one attached hydrogen (secondary N) is 1. The van der Waals surface area contributed by atoms with Gasteiger partial charge in [0.2, 0.25) is 11.9 Å². The molecule has 3 aromatic rings. The molecule has 1 aromatic carbocycles. The summed E-state index contributed by atoms with van der Waals surface area (Å²) in [6.45, 7) is 5.63. The Kier molecular flexibility index (Phi) is 5.88. The Morgan fingerprint density at radius 3 is 2.72 bits per heavy atom. The summed E-state index contributed by atoms with van der Waals surface area (Å²) in [5, 5.41) is 7.56. The van der Waals surface area contributed by atoms with Crippen LogP contribution in [0.4, 0.5) is 5.95 Å². The number of benzene rings is 1. The third-order valence-corrected chi connectivity index (χ3v) is 6.63. The van der Waals surface area contributed by atoms with Crippen LogP contribution in [-0.4, -0.2) is 57.2 Å². The Morgan fingerprint density at radius 2 is 1.91 bits per heavy atom. The number of nitrogens with zero attached hydrogens (tertiary/aromatic N) is 5. The van der Waals surface area contributed by atoms with Gasteiger partial charge in [0.15, 0.2) is 0 Å². The number of aromatic amines is 1. The summed E-state index contributed by atoms with van der Waals surface area (Å²) < 4.78 is 0. The molecule has 7 heteroatoms. The zero-order valence-electron chi connectivity index (χ0n) is 18.6. The van der Waals surface area contributed by atoms with E-state index >= 15 is 0 Å². The second kappa shape index (κ2) is 9.10. The van der Waals surface area contributed by atoms with Crippen molar-refractivity contribution in [2.24, 2.45) is 0 Å². The van der Waals surface area contributed by atoms with E-state index in [1.165, 1.54) is 18.4 Å². The molecule has 0 unspecified atom stereocenters. The Hall–Kier alpha value is -3.22. The van der Waals surface area contributed by atoms with Crippen molar-refractivity contribution in [2.45, 2.75) is 44.9 Å². The van der Waals surface area contributed by atoms with E-state index in [1.807, 2.05) is 23.4 Å². The lowest BCUT2D eigenvalue weighted by atomic mass is 9.91. The maximum atomic E-state index is 13.0. The first-order valence-corrected chi connectivity index (χ1v) is 11.6. The van der Waals surface area contributed by atoms with Crippen LogP contribution in [0.1, 0.15) is 48.4 Å². The second-order valence-electron chi connectivity index (χ2n) is 8.97. The van der Waals surface area contributed by atoms with Gasteiger partial charge in [-0.25, -0.2) is 9.97 Å². The number of H-pyrrole nitrogens is 1. The van der Waals surface area contributed by atoms with Gasteiger partial charge >= 0.3 is 0 Å². The van der Waals surface area contributed by atoms with Crippen LogP contribution in [-0.2, 0) is 11.2 Å². The van der Waals surface area contributed by atoms with Gasteiger partial charge in [-0.15, -0.1) is 0 Å². The zero-order valence-corrected chi connectivity index (χ0v) is 18.6. The van der Waals surface area contributed by atoms with Gasteiger partial charge in [-0.1, -0.05) is 29.8 Å². The Labute approximate surface area is 188 Å². The molecule has 1 amide bonds. The summed E-state index contributed by atoms with van der Waals surface area (Å²) in [4.78, 5) is 26.6. The van der Waals surface area contributed by atoms with E-state index in [9.17, 15) is 4.79 Å². The van der Waals surface area contributed by atoms with Crippen molar-refractivity contribution in [1.82, 2.24) is 25.1 Å². The summed E-state index contributed by atoms with van der Waals surface area (Å²) in [5.74, 6) is 1.22. The SMILES string of the molecule is Cc1ccc(CC(=O)N2CCC[C@H](c3[nH]ncc3-c3ccnc(N4CCCC4)n3)C2)cc1. The smallest absolute Gasteiger partial charge is 0.227 e. The van der Waals surface area contributed by atoms with Crippen molar-refractivity contribution in [3.05, 3.63) is 59.5 Å². The highest BCUT2D eigenvalue weighted by molar-refractivity contribution is 5.79. The molecule has 2 aromatic heterocycles. The van der Waals surface area contributed by atoms with Gasteiger partial charge in [-0.3, -0.25) is 9.89 Å². The molecule has 0 spiro atoms. The highest BCUT2D eigenvalue weighted by atomic mass is 16.2. The molecule has 166 valence electrons. The van der Waals surface area contributed by atoms with Crippen LogP contribution in [0, 0.1) is 6.92 Å². The lowest BCUT2D eigenvalue weighted by Crippen LogP contribution is -2.40. The van der Waals surface area contributed by atoms with Gasteiger partial charge in [-0.05, 0) is 44.2 Å². The molecule has 32 heavy (non-hydrogen) atoms. The number of hydrogen-bond acceptors (Lipinski definition) is 5. The fraction of sp³-hybridized carbons (Fsp3) is 0.440. The molecule has 7 nitrogen and oxygen atoms in total. The first-order valence-electron chi connectivity index (χ1n) is 11.6. The Bertz CT molecular complexity index is 1070. The van der Waals surface area contributed by atoms with Crippen LogP contribution in [0.15, 0.2) is 42.7 Å². The van der Waals surface area contributed by atoms with E-state index in [4.69, 9.17) is 4.98 Å². The van der Waals surface area contributed by atoms with Crippen LogP contribution >= 0.6 is 0 Å². The molecule has 2 aliphatic rings. The molecule has 0 aliphatic carbocycles. The van der Waals surface area contributed by atoms with E-state index < -0.39 is 0 Å². The number of carbonyl (C=O) groups excluding carboxylic acids is 1. The second-order valence-corrected chi connectivity index (χ2v) is 8.97. The van der Waals surface area contributed by atoms with Crippen molar-refractivity contribution in [2.75, 3.05) is 31.1 Å². The average Bonchev–Trinajstić information content (AvgIpc) is 3.53. The molecule has 2 saturated heterocycles. The normalized spacial score (nSPS) is 18.8. The molecule has 5 rings (SSSR count). The summed E-state index contributed by atoms with van der Waals surface area (Å²) in [7, 11) is 0. The number of aromatic nitrogens is 4. The van der Waals surface area contributed by atoms with Crippen LogP contribution in [0.3, 0.4) is 0 Å². The first kappa shape index (κ1) is 20.7. The zero-order chi connectivity index (χ0) is 21.9. The Morgan fingerprint density at radius 1 is 1.09 bits per heavy atom. The monoisotopic (exact) mass is 430 g/mol. The topological polar surface area (TPSA) is 78.0 Å². The van der Waals surface area contributed by atoms with Crippen LogP contribution in [0.5, 0.6) is 0 Å². The molecule has 0 radical (unpaired) electrons. The van der Waals surface area contributed by atoms with Gasteiger partial charge in [-0.2, -0.15) is 5.10 Å². The third-order valence-electron chi connectivity index (χ3n) is 6.63. The summed E-state index contributed by atoms with van der Waals surface area (Å²) in [6.07, 6.45) is 8.56. The minimum Gasteiger partial charge on any atom is -0.342 e. The number of rotatable bonds is 5. The molecule has 1 N–H and O–H groups in total. The average molecular weight is 431 g/mol. The maximum Gasteiger partial charge on any atom is 0.227 e.